The standard InChI is InChI=1S/C11H15N5/c1-9-8-15(2)5-6-16(9)11-10(7-12)13-3-4-14-11/h3-4,9H,5-6,8H2,1-2H3/t9-/m0/s1. The second-order valence-electron chi connectivity index (χ2n) is 4.15. The molecule has 1 aromatic rings. The maximum atomic E-state index is 9.00. The van der Waals surface area contributed by atoms with E-state index >= 15 is 0 Å². The molecule has 0 saturated carbocycles. The normalized spacial score (nSPS) is 21.8. The van der Waals surface area contributed by atoms with E-state index in [1.54, 1.807) is 12.4 Å². The van der Waals surface area contributed by atoms with Crippen molar-refractivity contribution in [2.24, 2.45) is 0 Å². The average Bonchev–Trinajstić information content (AvgIpc) is 2.29. The van der Waals surface area contributed by atoms with Crippen LogP contribution in [0.4, 0.5) is 5.82 Å². The summed E-state index contributed by atoms with van der Waals surface area (Å²) in [6, 6.07) is 2.46. The van der Waals surface area contributed by atoms with E-state index in [0.29, 0.717) is 17.6 Å². The van der Waals surface area contributed by atoms with Crippen LogP contribution in [0.5, 0.6) is 0 Å². The van der Waals surface area contributed by atoms with Gasteiger partial charge in [0.15, 0.2) is 11.5 Å². The molecule has 84 valence electrons. The molecule has 0 N–H and O–H groups in total. The number of nitrogens with zero attached hydrogens (tertiary/aromatic N) is 5. The van der Waals surface area contributed by atoms with Crippen molar-refractivity contribution < 1.29 is 0 Å². The molecule has 2 heterocycles. The van der Waals surface area contributed by atoms with Crippen molar-refractivity contribution in [3.05, 3.63) is 18.1 Å². The van der Waals surface area contributed by atoms with Crippen LogP contribution in [-0.2, 0) is 0 Å². The molecule has 1 atom stereocenters. The third-order valence-electron chi connectivity index (χ3n) is 2.89. The average molecular weight is 217 g/mol. The molecule has 1 aliphatic rings. The van der Waals surface area contributed by atoms with Gasteiger partial charge in [0.05, 0.1) is 0 Å². The molecule has 0 amide bonds. The fraction of sp³-hybridized carbons (Fsp3) is 0.545. The lowest BCUT2D eigenvalue weighted by Gasteiger charge is -2.38. The van der Waals surface area contributed by atoms with E-state index in [2.05, 4.69) is 39.8 Å². The molecule has 2 rings (SSSR count). The predicted octanol–water partition coefficient (Wildman–Crippen LogP) is 0.489. The molecule has 0 radical (unpaired) electrons. The number of anilines is 1. The van der Waals surface area contributed by atoms with Gasteiger partial charge in [0, 0.05) is 38.1 Å². The van der Waals surface area contributed by atoms with Crippen LogP contribution in [0.2, 0.25) is 0 Å². The minimum Gasteiger partial charge on any atom is -0.349 e. The maximum absolute atomic E-state index is 9.00. The summed E-state index contributed by atoms with van der Waals surface area (Å²) in [6.45, 7) is 5.02. The summed E-state index contributed by atoms with van der Waals surface area (Å²) in [7, 11) is 2.11. The summed E-state index contributed by atoms with van der Waals surface area (Å²) in [4.78, 5) is 12.8. The third kappa shape index (κ3) is 1.97. The van der Waals surface area contributed by atoms with Crippen molar-refractivity contribution in [3.8, 4) is 6.07 Å². The number of piperazine rings is 1. The van der Waals surface area contributed by atoms with Crippen molar-refractivity contribution in [2.45, 2.75) is 13.0 Å². The van der Waals surface area contributed by atoms with Gasteiger partial charge >= 0.3 is 0 Å². The van der Waals surface area contributed by atoms with Gasteiger partial charge in [0.25, 0.3) is 0 Å². The number of aromatic nitrogens is 2. The number of rotatable bonds is 1. The number of likely N-dealkylation sites (N-methyl/N-ethyl adjacent to an activating group) is 1. The monoisotopic (exact) mass is 217 g/mol. The van der Waals surface area contributed by atoms with E-state index in [0.717, 1.165) is 19.6 Å². The van der Waals surface area contributed by atoms with Crippen molar-refractivity contribution in [3.63, 3.8) is 0 Å². The first-order chi connectivity index (χ1) is 7.72. The Hall–Kier alpha value is -1.67. The Morgan fingerprint density at radius 2 is 2.12 bits per heavy atom. The van der Waals surface area contributed by atoms with Crippen molar-refractivity contribution in [1.29, 1.82) is 5.26 Å². The summed E-state index contributed by atoms with van der Waals surface area (Å²) in [5.74, 6) is 0.714. The van der Waals surface area contributed by atoms with Crippen LogP contribution in [-0.4, -0.2) is 47.6 Å². The van der Waals surface area contributed by atoms with E-state index in [-0.39, 0.29) is 0 Å². The van der Waals surface area contributed by atoms with Gasteiger partial charge in [-0.15, -0.1) is 0 Å². The van der Waals surface area contributed by atoms with Crippen LogP contribution < -0.4 is 4.90 Å². The molecule has 1 fully saturated rings. The quantitative estimate of drug-likeness (QED) is 0.685. The molecule has 1 aromatic heterocycles. The molecule has 5 nitrogen and oxygen atoms in total. The lowest BCUT2D eigenvalue weighted by Crippen LogP contribution is -2.51. The van der Waals surface area contributed by atoms with Gasteiger partial charge in [-0.05, 0) is 14.0 Å². The van der Waals surface area contributed by atoms with Crippen LogP contribution in [0, 0.1) is 11.3 Å². The van der Waals surface area contributed by atoms with E-state index in [1.807, 2.05) is 0 Å². The Bertz CT molecular complexity index is 411. The van der Waals surface area contributed by atoms with Gasteiger partial charge in [-0.2, -0.15) is 5.26 Å². The van der Waals surface area contributed by atoms with Gasteiger partial charge in [-0.3, -0.25) is 0 Å². The minimum absolute atomic E-state index is 0.363. The Labute approximate surface area is 95.3 Å². The summed E-state index contributed by atoms with van der Waals surface area (Å²) in [5.41, 5.74) is 0.416. The Balaban J connectivity index is 2.27. The molecule has 0 bridgehead atoms. The number of hydrogen-bond acceptors (Lipinski definition) is 5. The van der Waals surface area contributed by atoms with Gasteiger partial charge in [0.2, 0.25) is 0 Å². The van der Waals surface area contributed by atoms with Crippen LogP contribution >= 0.6 is 0 Å². The second-order valence-corrected chi connectivity index (χ2v) is 4.15. The summed E-state index contributed by atoms with van der Waals surface area (Å²) in [6.07, 6.45) is 3.20. The number of hydrogen-bond donors (Lipinski definition) is 0. The van der Waals surface area contributed by atoms with E-state index in [1.165, 1.54) is 0 Å². The summed E-state index contributed by atoms with van der Waals surface area (Å²) < 4.78 is 0. The van der Waals surface area contributed by atoms with Gasteiger partial charge < -0.3 is 9.80 Å². The van der Waals surface area contributed by atoms with E-state index in [4.69, 9.17) is 5.26 Å². The first-order valence-corrected chi connectivity index (χ1v) is 5.38. The Kier molecular flexibility index (Phi) is 3.02. The van der Waals surface area contributed by atoms with Crippen LogP contribution in [0.3, 0.4) is 0 Å². The van der Waals surface area contributed by atoms with Crippen molar-refractivity contribution >= 4 is 5.82 Å². The molecule has 1 saturated heterocycles. The lowest BCUT2D eigenvalue weighted by molar-refractivity contribution is 0.274. The molecule has 1 aliphatic heterocycles. The molecule has 0 aliphatic carbocycles. The zero-order valence-corrected chi connectivity index (χ0v) is 9.59. The SMILES string of the molecule is C[C@H]1CN(C)CCN1c1nccnc1C#N. The Morgan fingerprint density at radius 1 is 1.38 bits per heavy atom. The summed E-state index contributed by atoms with van der Waals surface area (Å²) >= 11 is 0. The molecular weight excluding hydrogens is 202 g/mol. The highest BCUT2D eigenvalue weighted by atomic mass is 15.3. The first-order valence-electron chi connectivity index (χ1n) is 5.38. The smallest absolute Gasteiger partial charge is 0.183 e. The minimum atomic E-state index is 0.363. The molecule has 16 heavy (non-hydrogen) atoms. The second kappa shape index (κ2) is 4.45. The molecule has 0 spiro atoms. The first kappa shape index (κ1) is 10.8. The highest BCUT2D eigenvalue weighted by molar-refractivity contribution is 5.50. The van der Waals surface area contributed by atoms with Gasteiger partial charge in [-0.25, -0.2) is 9.97 Å². The van der Waals surface area contributed by atoms with Crippen LogP contribution in [0.1, 0.15) is 12.6 Å². The van der Waals surface area contributed by atoms with Crippen LogP contribution in [0.25, 0.3) is 0 Å². The number of nitriles is 1. The molecule has 0 aromatic carbocycles. The predicted molar refractivity (Wildman–Crippen MR) is 61.1 cm³/mol. The van der Waals surface area contributed by atoms with E-state index < -0.39 is 0 Å². The zero-order chi connectivity index (χ0) is 11.5. The van der Waals surface area contributed by atoms with Crippen molar-refractivity contribution in [1.82, 2.24) is 14.9 Å². The van der Waals surface area contributed by atoms with Crippen LogP contribution in [0.15, 0.2) is 12.4 Å². The lowest BCUT2D eigenvalue weighted by atomic mass is 10.2. The molecule has 5 heteroatoms. The van der Waals surface area contributed by atoms with Gasteiger partial charge in [0.1, 0.15) is 6.07 Å². The van der Waals surface area contributed by atoms with E-state index in [9.17, 15) is 0 Å². The highest BCUT2D eigenvalue weighted by Crippen LogP contribution is 2.19. The molecule has 0 unspecified atom stereocenters. The third-order valence-corrected chi connectivity index (χ3v) is 2.89. The maximum Gasteiger partial charge on any atom is 0.183 e. The highest BCUT2D eigenvalue weighted by Gasteiger charge is 2.24. The zero-order valence-electron chi connectivity index (χ0n) is 9.59. The molecular formula is C11H15N5. The fourth-order valence-corrected chi connectivity index (χ4v) is 2.07. The largest absolute Gasteiger partial charge is 0.349 e. The van der Waals surface area contributed by atoms with Crippen molar-refractivity contribution in [2.75, 3.05) is 31.6 Å². The topological polar surface area (TPSA) is 56.1 Å². The summed E-state index contributed by atoms with van der Waals surface area (Å²) in [5, 5.41) is 9.00. The fourth-order valence-electron chi connectivity index (χ4n) is 2.07. The Morgan fingerprint density at radius 3 is 2.81 bits per heavy atom. The van der Waals surface area contributed by atoms with Gasteiger partial charge in [-0.1, -0.05) is 0 Å².